The van der Waals surface area contributed by atoms with Crippen LogP contribution in [-0.4, -0.2) is 45.3 Å². The average Bonchev–Trinajstić information content (AvgIpc) is 2.88. The molecule has 0 radical (unpaired) electrons. The molecule has 4 heterocycles. The molecule has 0 aliphatic carbocycles. The molecule has 0 aromatic carbocycles. The number of fused-ring (bicyclic) bond motifs is 2. The van der Waals surface area contributed by atoms with Gasteiger partial charge in [-0.25, -0.2) is 4.98 Å². The molecule has 20 heavy (non-hydrogen) atoms. The van der Waals surface area contributed by atoms with E-state index in [1.807, 2.05) is 23.7 Å². The molecule has 2 unspecified atom stereocenters. The number of aryl methyl sites for hydroxylation is 1. The fourth-order valence-electron chi connectivity index (χ4n) is 3.59. The number of nitrogens with one attached hydrogen (secondary N) is 1. The maximum Gasteiger partial charge on any atom is 0.203 e. The predicted molar refractivity (Wildman–Crippen MR) is 76.9 cm³/mol. The fourth-order valence-corrected chi connectivity index (χ4v) is 3.59. The van der Waals surface area contributed by atoms with Crippen molar-refractivity contribution in [1.29, 1.82) is 0 Å². The molecule has 2 atom stereocenters. The molecule has 0 amide bonds. The van der Waals surface area contributed by atoms with Crippen molar-refractivity contribution in [3.63, 3.8) is 0 Å². The molecule has 0 spiro atoms. The highest BCUT2D eigenvalue weighted by Gasteiger charge is 2.32. The largest absolute Gasteiger partial charge is 0.353 e. The number of piperidine rings is 2. The Labute approximate surface area is 118 Å². The third-order valence-electron chi connectivity index (χ3n) is 4.67. The average molecular weight is 272 g/mol. The van der Waals surface area contributed by atoms with Crippen molar-refractivity contribution in [2.45, 2.75) is 32.2 Å². The number of aromatic nitrogens is 4. The van der Waals surface area contributed by atoms with E-state index in [9.17, 15) is 0 Å². The SMILES string of the molecule is Cc1nnc2c(N3CCC4NCCCC4C3)nccn12. The van der Waals surface area contributed by atoms with Crippen molar-refractivity contribution in [2.24, 2.45) is 5.92 Å². The summed E-state index contributed by atoms with van der Waals surface area (Å²) in [5, 5.41) is 12.1. The molecule has 2 aliphatic heterocycles. The summed E-state index contributed by atoms with van der Waals surface area (Å²) < 4.78 is 2.02. The van der Waals surface area contributed by atoms with Crippen molar-refractivity contribution in [2.75, 3.05) is 24.5 Å². The fraction of sp³-hybridized carbons (Fsp3) is 0.643. The van der Waals surface area contributed by atoms with Crippen LogP contribution in [0, 0.1) is 12.8 Å². The van der Waals surface area contributed by atoms with Gasteiger partial charge >= 0.3 is 0 Å². The highest BCUT2D eigenvalue weighted by atomic mass is 15.3. The Morgan fingerprint density at radius 2 is 2.25 bits per heavy atom. The van der Waals surface area contributed by atoms with Crippen LogP contribution < -0.4 is 10.2 Å². The number of nitrogens with zero attached hydrogens (tertiary/aromatic N) is 5. The molecule has 2 aliphatic rings. The topological polar surface area (TPSA) is 58.4 Å². The van der Waals surface area contributed by atoms with Crippen molar-refractivity contribution in [3.05, 3.63) is 18.2 Å². The molecule has 6 nitrogen and oxygen atoms in total. The van der Waals surface area contributed by atoms with Crippen LogP contribution in [0.4, 0.5) is 5.82 Å². The highest BCUT2D eigenvalue weighted by Crippen LogP contribution is 2.28. The predicted octanol–water partition coefficient (Wildman–Crippen LogP) is 1.01. The summed E-state index contributed by atoms with van der Waals surface area (Å²) in [5.74, 6) is 2.64. The minimum Gasteiger partial charge on any atom is -0.353 e. The van der Waals surface area contributed by atoms with Gasteiger partial charge in [0.2, 0.25) is 5.65 Å². The molecule has 4 rings (SSSR count). The maximum absolute atomic E-state index is 4.56. The Balaban J connectivity index is 1.66. The second-order valence-corrected chi connectivity index (χ2v) is 5.89. The van der Waals surface area contributed by atoms with Crippen LogP contribution in [-0.2, 0) is 0 Å². The first-order chi connectivity index (χ1) is 9.83. The lowest BCUT2D eigenvalue weighted by molar-refractivity contribution is 0.244. The number of hydrogen-bond donors (Lipinski definition) is 1. The summed E-state index contributed by atoms with van der Waals surface area (Å²) >= 11 is 0. The number of rotatable bonds is 1. The highest BCUT2D eigenvalue weighted by molar-refractivity contribution is 5.64. The van der Waals surface area contributed by atoms with E-state index in [0.29, 0.717) is 6.04 Å². The summed E-state index contributed by atoms with van der Waals surface area (Å²) in [6.45, 7) is 5.28. The van der Waals surface area contributed by atoms with Gasteiger partial charge in [0.05, 0.1) is 0 Å². The third-order valence-corrected chi connectivity index (χ3v) is 4.67. The van der Waals surface area contributed by atoms with E-state index in [1.165, 1.54) is 25.8 Å². The van der Waals surface area contributed by atoms with Gasteiger partial charge in [-0.1, -0.05) is 0 Å². The van der Waals surface area contributed by atoms with Crippen LogP contribution in [0.2, 0.25) is 0 Å². The lowest BCUT2D eigenvalue weighted by Gasteiger charge is -2.42. The first-order valence-corrected chi connectivity index (χ1v) is 7.47. The molecule has 0 saturated carbocycles. The second-order valence-electron chi connectivity index (χ2n) is 5.89. The first-order valence-electron chi connectivity index (χ1n) is 7.47. The van der Waals surface area contributed by atoms with E-state index in [1.54, 1.807) is 0 Å². The van der Waals surface area contributed by atoms with Crippen LogP contribution in [0.5, 0.6) is 0 Å². The van der Waals surface area contributed by atoms with Crippen LogP contribution in [0.1, 0.15) is 25.1 Å². The summed E-state index contributed by atoms with van der Waals surface area (Å²) in [4.78, 5) is 6.95. The Morgan fingerprint density at radius 1 is 1.30 bits per heavy atom. The number of anilines is 1. The maximum atomic E-state index is 4.56. The molecule has 2 aromatic heterocycles. The minimum atomic E-state index is 0.694. The van der Waals surface area contributed by atoms with Crippen LogP contribution >= 0.6 is 0 Å². The monoisotopic (exact) mass is 272 g/mol. The zero-order valence-corrected chi connectivity index (χ0v) is 11.8. The quantitative estimate of drug-likeness (QED) is 0.839. The molecule has 106 valence electrons. The Hall–Kier alpha value is -1.69. The van der Waals surface area contributed by atoms with Crippen molar-refractivity contribution in [1.82, 2.24) is 24.9 Å². The second kappa shape index (κ2) is 4.70. The van der Waals surface area contributed by atoms with Crippen LogP contribution in [0.25, 0.3) is 5.65 Å². The zero-order valence-electron chi connectivity index (χ0n) is 11.8. The molecule has 0 bridgehead atoms. The summed E-state index contributed by atoms with van der Waals surface area (Å²) in [7, 11) is 0. The van der Waals surface area contributed by atoms with E-state index in [2.05, 4.69) is 25.4 Å². The van der Waals surface area contributed by atoms with Gasteiger partial charge in [0.15, 0.2) is 5.82 Å². The summed E-state index contributed by atoms with van der Waals surface area (Å²) in [5.41, 5.74) is 0.882. The summed E-state index contributed by atoms with van der Waals surface area (Å²) in [6, 6.07) is 0.694. The molecule has 2 aromatic rings. The Kier molecular flexibility index (Phi) is 2.84. The smallest absolute Gasteiger partial charge is 0.203 e. The van der Waals surface area contributed by atoms with Gasteiger partial charge in [0.25, 0.3) is 0 Å². The molecule has 1 N–H and O–H groups in total. The summed E-state index contributed by atoms with van der Waals surface area (Å²) in [6.07, 6.45) is 7.59. The molecular weight excluding hydrogens is 252 g/mol. The molecular formula is C14H20N6. The zero-order chi connectivity index (χ0) is 13.5. The standard InChI is InChI=1S/C14H20N6/c1-10-17-18-14-13(16-6-8-20(10)14)19-7-4-12-11(9-19)3-2-5-15-12/h6,8,11-12,15H,2-5,7,9H2,1H3. The lowest BCUT2D eigenvalue weighted by Crippen LogP contribution is -2.52. The first kappa shape index (κ1) is 12.1. The Bertz CT molecular complexity index is 621. The van der Waals surface area contributed by atoms with Gasteiger partial charge in [-0.05, 0) is 38.6 Å². The van der Waals surface area contributed by atoms with Crippen molar-refractivity contribution < 1.29 is 0 Å². The van der Waals surface area contributed by atoms with E-state index in [4.69, 9.17) is 0 Å². The van der Waals surface area contributed by atoms with E-state index in [-0.39, 0.29) is 0 Å². The van der Waals surface area contributed by atoms with Gasteiger partial charge in [-0.3, -0.25) is 4.40 Å². The van der Waals surface area contributed by atoms with Gasteiger partial charge in [0.1, 0.15) is 5.82 Å². The van der Waals surface area contributed by atoms with Gasteiger partial charge < -0.3 is 10.2 Å². The van der Waals surface area contributed by atoms with E-state index in [0.717, 1.165) is 36.3 Å². The molecule has 6 heteroatoms. The van der Waals surface area contributed by atoms with Crippen molar-refractivity contribution in [3.8, 4) is 0 Å². The van der Waals surface area contributed by atoms with Crippen LogP contribution in [0.3, 0.4) is 0 Å². The molecule has 2 saturated heterocycles. The minimum absolute atomic E-state index is 0.694. The van der Waals surface area contributed by atoms with Gasteiger partial charge in [0, 0.05) is 31.5 Å². The van der Waals surface area contributed by atoms with E-state index < -0.39 is 0 Å². The third kappa shape index (κ3) is 1.86. The van der Waals surface area contributed by atoms with Gasteiger partial charge in [-0.15, -0.1) is 10.2 Å². The Morgan fingerprint density at radius 3 is 3.20 bits per heavy atom. The lowest BCUT2D eigenvalue weighted by atomic mass is 9.85. The normalized spacial score (nSPS) is 26.8. The number of hydrogen-bond acceptors (Lipinski definition) is 5. The van der Waals surface area contributed by atoms with Crippen LogP contribution in [0.15, 0.2) is 12.4 Å². The van der Waals surface area contributed by atoms with Gasteiger partial charge in [-0.2, -0.15) is 0 Å². The molecule has 2 fully saturated rings. The van der Waals surface area contributed by atoms with Crippen molar-refractivity contribution >= 4 is 11.5 Å². The van der Waals surface area contributed by atoms with E-state index >= 15 is 0 Å².